The second-order valence-corrected chi connectivity index (χ2v) is 5.71. The number of nitrogens with zero attached hydrogens (tertiary/aromatic N) is 1. The number of allylic oxidation sites excluding steroid dienone is 1. The van der Waals surface area contributed by atoms with Crippen molar-refractivity contribution in [1.82, 2.24) is 4.90 Å². The van der Waals surface area contributed by atoms with Crippen molar-refractivity contribution in [2.75, 3.05) is 6.54 Å². The Morgan fingerprint density at radius 3 is 2.25 bits per heavy atom. The van der Waals surface area contributed by atoms with Gasteiger partial charge in [-0.25, -0.2) is 0 Å². The van der Waals surface area contributed by atoms with Gasteiger partial charge in [0, 0.05) is 17.6 Å². The summed E-state index contributed by atoms with van der Waals surface area (Å²) in [7, 11) is 0. The standard InChI is InChI=1S/C17H23NO2/c1-5-6-12-18(17(2,3)4)16(20)13-15(19)14-10-8-7-9-11-14/h5-11H,12-13H2,1-4H3/b6-5+. The molecular formula is C17H23NO2. The lowest BCUT2D eigenvalue weighted by Crippen LogP contribution is -2.46. The number of hydrogen-bond acceptors (Lipinski definition) is 2. The van der Waals surface area contributed by atoms with Crippen LogP contribution in [0.4, 0.5) is 0 Å². The monoisotopic (exact) mass is 273 g/mol. The first-order chi connectivity index (χ1) is 9.36. The molecule has 0 aliphatic rings. The number of ketones is 1. The number of rotatable bonds is 5. The normalized spacial score (nSPS) is 11.6. The van der Waals surface area contributed by atoms with Crippen LogP contribution in [0.2, 0.25) is 0 Å². The van der Waals surface area contributed by atoms with Gasteiger partial charge in [-0.3, -0.25) is 9.59 Å². The molecule has 0 atom stereocenters. The summed E-state index contributed by atoms with van der Waals surface area (Å²) < 4.78 is 0. The zero-order valence-electron chi connectivity index (χ0n) is 12.7. The van der Waals surface area contributed by atoms with Crippen LogP contribution in [-0.4, -0.2) is 28.7 Å². The van der Waals surface area contributed by atoms with Gasteiger partial charge in [0.2, 0.25) is 5.91 Å². The maximum Gasteiger partial charge on any atom is 0.231 e. The molecule has 0 unspecified atom stereocenters. The lowest BCUT2D eigenvalue weighted by atomic mass is 10.0. The highest BCUT2D eigenvalue weighted by molar-refractivity contribution is 6.07. The summed E-state index contributed by atoms with van der Waals surface area (Å²) in [5, 5.41) is 0. The summed E-state index contributed by atoms with van der Waals surface area (Å²) in [6, 6.07) is 8.94. The molecule has 1 aromatic rings. The Balaban J connectivity index is 2.79. The number of carbonyl (C=O) groups is 2. The highest BCUT2D eigenvalue weighted by Crippen LogP contribution is 2.16. The fourth-order valence-corrected chi connectivity index (χ4v) is 1.92. The van der Waals surface area contributed by atoms with Gasteiger partial charge in [-0.05, 0) is 27.7 Å². The first kappa shape index (κ1) is 16.2. The Morgan fingerprint density at radius 2 is 1.75 bits per heavy atom. The second-order valence-electron chi connectivity index (χ2n) is 5.71. The molecule has 0 aromatic heterocycles. The summed E-state index contributed by atoms with van der Waals surface area (Å²) in [5.41, 5.74) is 0.286. The van der Waals surface area contributed by atoms with Gasteiger partial charge in [-0.2, -0.15) is 0 Å². The van der Waals surface area contributed by atoms with Crippen molar-refractivity contribution in [3.8, 4) is 0 Å². The molecule has 108 valence electrons. The number of benzene rings is 1. The molecule has 1 amide bonds. The summed E-state index contributed by atoms with van der Waals surface area (Å²) in [6.45, 7) is 8.37. The quantitative estimate of drug-likeness (QED) is 0.468. The topological polar surface area (TPSA) is 37.4 Å². The molecule has 3 nitrogen and oxygen atoms in total. The van der Waals surface area contributed by atoms with Crippen molar-refractivity contribution < 1.29 is 9.59 Å². The third-order valence-corrected chi connectivity index (χ3v) is 3.04. The number of Topliss-reactive ketones (excluding diaryl/α,β-unsaturated/α-hetero) is 1. The highest BCUT2D eigenvalue weighted by atomic mass is 16.2. The molecule has 0 fully saturated rings. The third kappa shape index (κ3) is 4.65. The van der Waals surface area contributed by atoms with E-state index >= 15 is 0 Å². The number of amides is 1. The zero-order valence-corrected chi connectivity index (χ0v) is 12.7. The molecule has 0 radical (unpaired) electrons. The Kier molecular flexibility index (Phi) is 5.68. The molecule has 0 saturated carbocycles. The Morgan fingerprint density at radius 1 is 1.15 bits per heavy atom. The van der Waals surface area contributed by atoms with Crippen LogP contribution in [0, 0.1) is 0 Å². The average Bonchev–Trinajstić information content (AvgIpc) is 2.38. The Hall–Kier alpha value is -1.90. The van der Waals surface area contributed by atoms with E-state index in [9.17, 15) is 9.59 Å². The maximum atomic E-state index is 12.4. The Labute approximate surface area is 121 Å². The van der Waals surface area contributed by atoms with E-state index in [0.29, 0.717) is 12.1 Å². The largest absolute Gasteiger partial charge is 0.334 e. The van der Waals surface area contributed by atoms with Gasteiger partial charge in [0.15, 0.2) is 5.78 Å². The molecule has 0 N–H and O–H groups in total. The van der Waals surface area contributed by atoms with Crippen molar-refractivity contribution in [3.05, 3.63) is 48.0 Å². The van der Waals surface area contributed by atoms with Gasteiger partial charge in [-0.1, -0.05) is 42.5 Å². The highest BCUT2D eigenvalue weighted by Gasteiger charge is 2.26. The van der Waals surface area contributed by atoms with Gasteiger partial charge < -0.3 is 4.90 Å². The van der Waals surface area contributed by atoms with Crippen LogP contribution in [-0.2, 0) is 4.79 Å². The van der Waals surface area contributed by atoms with E-state index in [2.05, 4.69) is 0 Å². The van der Waals surface area contributed by atoms with Gasteiger partial charge >= 0.3 is 0 Å². The predicted molar refractivity (Wildman–Crippen MR) is 81.7 cm³/mol. The van der Waals surface area contributed by atoms with E-state index in [4.69, 9.17) is 0 Å². The molecule has 0 aliphatic carbocycles. The molecule has 1 aromatic carbocycles. The van der Waals surface area contributed by atoms with Crippen LogP contribution < -0.4 is 0 Å². The molecule has 0 spiro atoms. The molecule has 0 aliphatic heterocycles. The third-order valence-electron chi connectivity index (χ3n) is 3.04. The first-order valence-electron chi connectivity index (χ1n) is 6.86. The fourth-order valence-electron chi connectivity index (χ4n) is 1.92. The van der Waals surface area contributed by atoms with E-state index in [1.165, 1.54) is 0 Å². The second kappa shape index (κ2) is 7.04. The van der Waals surface area contributed by atoms with Gasteiger partial charge in [0.25, 0.3) is 0 Å². The summed E-state index contributed by atoms with van der Waals surface area (Å²) in [6.07, 6.45) is 3.75. The van der Waals surface area contributed by atoms with Crippen LogP contribution >= 0.6 is 0 Å². The molecule has 20 heavy (non-hydrogen) atoms. The smallest absolute Gasteiger partial charge is 0.231 e. The van der Waals surface area contributed by atoms with E-state index < -0.39 is 0 Å². The van der Waals surface area contributed by atoms with E-state index in [1.807, 2.05) is 45.9 Å². The fraction of sp³-hybridized carbons (Fsp3) is 0.412. The molecule has 0 heterocycles. The van der Waals surface area contributed by atoms with E-state index in [0.717, 1.165) is 0 Å². The SMILES string of the molecule is C/C=C/CN(C(=O)CC(=O)c1ccccc1)C(C)(C)C. The van der Waals surface area contributed by atoms with Crippen molar-refractivity contribution in [1.29, 1.82) is 0 Å². The Bertz CT molecular complexity index is 483. The minimum Gasteiger partial charge on any atom is -0.334 e. The lowest BCUT2D eigenvalue weighted by Gasteiger charge is -2.35. The van der Waals surface area contributed by atoms with Crippen molar-refractivity contribution in [3.63, 3.8) is 0 Å². The molecule has 0 bridgehead atoms. The van der Waals surface area contributed by atoms with Gasteiger partial charge in [0.1, 0.15) is 0 Å². The number of hydrogen-bond donors (Lipinski definition) is 0. The van der Waals surface area contributed by atoms with Crippen molar-refractivity contribution >= 4 is 11.7 Å². The van der Waals surface area contributed by atoms with Crippen molar-refractivity contribution in [2.45, 2.75) is 39.7 Å². The lowest BCUT2D eigenvalue weighted by molar-refractivity contribution is -0.134. The van der Waals surface area contributed by atoms with Gasteiger partial charge in [0.05, 0.1) is 6.42 Å². The van der Waals surface area contributed by atoms with Crippen LogP contribution in [0.5, 0.6) is 0 Å². The zero-order chi connectivity index (χ0) is 15.2. The predicted octanol–water partition coefficient (Wildman–Crippen LogP) is 3.46. The van der Waals surface area contributed by atoms with Crippen LogP contribution in [0.15, 0.2) is 42.5 Å². The van der Waals surface area contributed by atoms with E-state index in [1.54, 1.807) is 29.2 Å². The summed E-state index contributed by atoms with van der Waals surface area (Å²) in [5.74, 6) is -0.269. The maximum absolute atomic E-state index is 12.4. The average molecular weight is 273 g/mol. The molecule has 0 saturated heterocycles. The molecule has 3 heteroatoms. The molecular weight excluding hydrogens is 250 g/mol. The van der Waals surface area contributed by atoms with Gasteiger partial charge in [-0.15, -0.1) is 0 Å². The van der Waals surface area contributed by atoms with Crippen LogP contribution in [0.3, 0.4) is 0 Å². The summed E-state index contributed by atoms with van der Waals surface area (Å²) >= 11 is 0. The minimum atomic E-state index is -0.298. The van der Waals surface area contributed by atoms with Crippen LogP contribution in [0.1, 0.15) is 44.5 Å². The number of carbonyl (C=O) groups excluding carboxylic acids is 2. The summed E-state index contributed by atoms with van der Waals surface area (Å²) in [4.78, 5) is 26.2. The van der Waals surface area contributed by atoms with E-state index in [-0.39, 0.29) is 23.7 Å². The van der Waals surface area contributed by atoms with Crippen LogP contribution in [0.25, 0.3) is 0 Å². The first-order valence-corrected chi connectivity index (χ1v) is 6.86. The molecule has 1 rings (SSSR count). The minimum absolute atomic E-state index is 0.0845. The van der Waals surface area contributed by atoms with Crippen molar-refractivity contribution in [2.24, 2.45) is 0 Å².